The van der Waals surface area contributed by atoms with Crippen LogP contribution in [0.1, 0.15) is 47.2 Å². The Bertz CT molecular complexity index is 1520. The number of aryl methyl sites for hydroxylation is 2. The van der Waals surface area contributed by atoms with E-state index < -0.39 is 0 Å². The van der Waals surface area contributed by atoms with Crippen molar-refractivity contribution in [3.8, 4) is 5.75 Å². The summed E-state index contributed by atoms with van der Waals surface area (Å²) >= 11 is 7.33. The minimum atomic E-state index is 0.369. The molecule has 1 N–H and O–H groups in total. The molecule has 0 aromatic heterocycles. The molecule has 0 heterocycles. The Labute approximate surface area is 212 Å². The second-order valence-electron chi connectivity index (χ2n) is 9.24. The molecule has 0 saturated carbocycles. The molecule has 4 aromatic carbocycles. The Morgan fingerprint density at radius 2 is 1.24 bits per heavy atom. The molecule has 4 aromatic rings. The van der Waals surface area contributed by atoms with Gasteiger partial charge in [0.05, 0.1) is 0 Å². The maximum atomic E-state index is 10.2. The normalized spacial score (nSPS) is 14.6. The molecule has 33 heavy (non-hydrogen) atoms. The first-order valence-corrected chi connectivity index (χ1v) is 12.8. The van der Waals surface area contributed by atoms with Gasteiger partial charge in [-0.25, -0.2) is 0 Å². The molecule has 0 aliphatic heterocycles. The van der Waals surface area contributed by atoms with Crippen molar-refractivity contribution in [2.75, 3.05) is 0 Å². The number of hydrogen-bond acceptors (Lipinski definition) is 1. The summed E-state index contributed by atoms with van der Waals surface area (Å²) in [6, 6.07) is 19.3. The Morgan fingerprint density at radius 3 is 1.91 bits per heavy atom. The molecular formula is C30H26Br2O. The molecule has 1 nitrogen and oxygen atoms in total. The number of rotatable bonds is 0. The zero-order valence-electron chi connectivity index (χ0n) is 19.3. The van der Waals surface area contributed by atoms with Crippen molar-refractivity contribution in [1.29, 1.82) is 0 Å². The van der Waals surface area contributed by atoms with Crippen LogP contribution in [0.4, 0.5) is 0 Å². The van der Waals surface area contributed by atoms with Crippen LogP contribution in [-0.2, 0) is 12.8 Å². The summed E-state index contributed by atoms with van der Waals surface area (Å²) in [5.41, 5.74) is 10.2. The third kappa shape index (κ3) is 3.66. The Hall–Kier alpha value is -2.36. The van der Waals surface area contributed by atoms with E-state index in [1.807, 2.05) is 13.0 Å². The highest BCUT2D eigenvalue weighted by Crippen LogP contribution is 2.45. The average molecular weight is 562 g/mol. The van der Waals surface area contributed by atoms with E-state index in [0.717, 1.165) is 28.5 Å². The van der Waals surface area contributed by atoms with Crippen molar-refractivity contribution in [3.05, 3.63) is 99.1 Å². The van der Waals surface area contributed by atoms with E-state index >= 15 is 0 Å². The fourth-order valence-corrected chi connectivity index (χ4v) is 6.22. The van der Waals surface area contributed by atoms with Gasteiger partial charge in [-0.05, 0) is 96.0 Å². The molecule has 3 heteroatoms. The largest absolute Gasteiger partial charge is 0.507 e. The molecule has 0 bridgehead atoms. The number of benzene rings is 4. The highest BCUT2D eigenvalue weighted by atomic mass is 79.9. The summed E-state index contributed by atoms with van der Waals surface area (Å²) < 4.78 is 2.31. The summed E-state index contributed by atoms with van der Waals surface area (Å²) in [5, 5.41) is 15.4. The molecule has 0 unspecified atom stereocenters. The van der Waals surface area contributed by atoms with Gasteiger partial charge in [-0.15, -0.1) is 0 Å². The number of aromatic hydroxyl groups is 1. The third-order valence-corrected chi connectivity index (χ3v) is 9.07. The van der Waals surface area contributed by atoms with Crippen molar-refractivity contribution in [3.63, 3.8) is 0 Å². The topological polar surface area (TPSA) is 20.2 Å². The van der Waals surface area contributed by atoms with Crippen LogP contribution in [0.5, 0.6) is 5.75 Å². The first kappa shape index (κ1) is 22.4. The lowest BCUT2D eigenvalue weighted by Crippen LogP contribution is -2.01. The van der Waals surface area contributed by atoms with Gasteiger partial charge in [-0.1, -0.05) is 91.5 Å². The zero-order valence-corrected chi connectivity index (χ0v) is 22.5. The van der Waals surface area contributed by atoms with Gasteiger partial charge in [0, 0.05) is 14.5 Å². The van der Waals surface area contributed by atoms with Crippen LogP contribution in [0, 0.1) is 13.8 Å². The van der Waals surface area contributed by atoms with E-state index in [1.54, 1.807) is 0 Å². The number of halogens is 2. The van der Waals surface area contributed by atoms with Crippen LogP contribution < -0.4 is 0 Å². The summed E-state index contributed by atoms with van der Waals surface area (Å²) in [6.07, 6.45) is 2.02. The molecule has 0 saturated heterocycles. The molecule has 0 fully saturated rings. The molecule has 166 valence electrons. The van der Waals surface area contributed by atoms with Gasteiger partial charge in [-0.3, -0.25) is 0 Å². The van der Waals surface area contributed by atoms with Crippen molar-refractivity contribution in [2.24, 2.45) is 0 Å². The minimum absolute atomic E-state index is 0.369. The summed E-state index contributed by atoms with van der Waals surface area (Å²) in [5.74, 6) is 0.369. The van der Waals surface area contributed by atoms with E-state index in [2.05, 4.69) is 101 Å². The first-order valence-electron chi connectivity index (χ1n) is 11.2. The van der Waals surface area contributed by atoms with Crippen LogP contribution in [0.15, 0.2) is 65.7 Å². The fourth-order valence-electron chi connectivity index (χ4n) is 5.20. The Kier molecular flexibility index (Phi) is 5.74. The predicted molar refractivity (Wildman–Crippen MR) is 149 cm³/mol. The van der Waals surface area contributed by atoms with E-state index in [0.29, 0.717) is 5.75 Å². The first-order chi connectivity index (χ1) is 15.8. The summed E-state index contributed by atoms with van der Waals surface area (Å²) in [4.78, 5) is 0. The smallest absolute Gasteiger partial charge is 0.124 e. The third-order valence-electron chi connectivity index (χ3n) is 6.90. The predicted octanol–water partition coefficient (Wildman–Crippen LogP) is 9.37. The highest BCUT2D eigenvalue weighted by Gasteiger charge is 2.21. The highest BCUT2D eigenvalue weighted by molar-refractivity contribution is 9.15. The van der Waals surface area contributed by atoms with Gasteiger partial charge in [0.25, 0.3) is 0 Å². The lowest BCUT2D eigenvalue weighted by molar-refractivity contribution is 0.474. The van der Waals surface area contributed by atoms with Gasteiger partial charge in [-0.2, -0.15) is 0 Å². The van der Waals surface area contributed by atoms with Gasteiger partial charge >= 0.3 is 0 Å². The molecule has 0 amide bonds. The maximum Gasteiger partial charge on any atom is 0.124 e. The average Bonchev–Trinajstić information content (AvgIpc) is 2.79. The van der Waals surface area contributed by atoms with Gasteiger partial charge in [0.2, 0.25) is 0 Å². The standard InChI is InChI=1S/C15H13BrO.C15H13Br/c1-8-7-12(17)14-13-10(4-3-5-11(8)13)6-9(2)15(14)16;1-9-6-7-13-14-11(4-3-5-12(9)14)8-10(2)15(13)16/h3-5,7,17H,6H2,1-2H3;3-7H,8H2,1-2H3. The second kappa shape index (κ2) is 8.45. The van der Waals surface area contributed by atoms with Crippen LogP contribution in [0.2, 0.25) is 0 Å². The molecule has 2 aliphatic carbocycles. The number of allylic oxidation sites excluding steroid dienone is 2. The SMILES string of the molecule is CC1=C(Br)c2c(O)cc(C)c3cccc(c23)C1.CC1=C(Br)c2ccc(C)c3cccc(c23)C1. The minimum Gasteiger partial charge on any atom is -0.507 e. The second-order valence-corrected chi connectivity index (χ2v) is 10.8. The van der Waals surface area contributed by atoms with Crippen molar-refractivity contribution >= 4 is 62.4 Å². The molecule has 2 aliphatic rings. The molecule has 0 spiro atoms. The van der Waals surface area contributed by atoms with Crippen molar-refractivity contribution < 1.29 is 5.11 Å². The maximum absolute atomic E-state index is 10.2. The van der Waals surface area contributed by atoms with E-state index in [1.165, 1.54) is 59.4 Å². The molecule has 6 rings (SSSR count). The number of hydrogen-bond donors (Lipinski definition) is 1. The quantitative estimate of drug-likeness (QED) is 0.227. The van der Waals surface area contributed by atoms with Crippen LogP contribution in [0.3, 0.4) is 0 Å². The summed E-state index contributed by atoms with van der Waals surface area (Å²) in [7, 11) is 0. The van der Waals surface area contributed by atoms with Crippen LogP contribution >= 0.6 is 31.9 Å². The Morgan fingerprint density at radius 1 is 0.667 bits per heavy atom. The fraction of sp³-hybridized carbons (Fsp3) is 0.200. The van der Waals surface area contributed by atoms with Gasteiger partial charge in [0.1, 0.15) is 5.75 Å². The molecule has 0 atom stereocenters. The Balaban J connectivity index is 0.000000139. The van der Waals surface area contributed by atoms with Gasteiger partial charge in [0.15, 0.2) is 0 Å². The number of phenols is 1. The molecule has 0 radical (unpaired) electrons. The lowest BCUT2D eigenvalue weighted by atomic mass is 9.87. The van der Waals surface area contributed by atoms with E-state index in [4.69, 9.17) is 0 Å². The van der Waals surface area contributed by atoms with Gasteiger partial charge < -0.3 is 5.11 Å². The molecular weight excluding hydrogens is 536 g/mol. The zero-order chi connectivity index (χ0) is 23.4. The van der Waals surface area contributed by atoms with E-state index in [9.17, 15) is 5.11 Å². The van der Waals surface area contributed by atoms with Crippen molar-refractivity contribution in [1.82, 2.24) is 0 Å². The van der Waals surface area contributed by atoms with E-state index in [-0.39, 0.29) is 0 Å². The van der Waals surface area contributed by atoms with Crippen LogP contribution in [0.25, 0.3) is 30.5 Å². The lowest BCUT2D eigenvalue weighted by Gasteiger charge is -2.21. The number of phenolic OH excluding ortho intramolecular Hbond substituents is 1. The summed E-state index contributed by atoms with van der Waals surface area (Å²) in [6.45, 7) is 8.53. The monoisotopic (exact) mass is 560 g/mol. The van der Waals surface area contributed by atoms with Crippen molar-refractivity contribution in [2.45, 2.75) is 40.5 Å². The van der Waals surface area contributed by atoms with Crippen LogP contribution in [-0.4, -0.2) is 5.11 Å².